The Morgan fingerprint density at radius 3 is 2.34 bits per heavy atom. The summed E-state index contributed by atoms with van der Waals surface area (Å²) in [5.74, 6) is -2.60. The Bertz CT molecular complexity index is 970. The average Bonchev–Trinajstić information content (AvgIpc) is 3.17. The smallest absolute Gasteiger partial charge is 0.341 e. The predicted octanol–water partition coefficient (Wildman–Crippen LogP) is 3.76. The zero-order valence-corrected chi connectivity index (χ0v) is 18.7. The van der Waals surface area contributed by atoms with Crippen LogP contribution in [0.3, 0.4) is 0 Å². The predicted molar refractivity (Wildman–Crippen MR) is 112 cm³/mol. The summed E-state index contributed by atoms with van der Waals surface area (Å²) in [6.45, 7) is 2.71. The minimum absolute atomic E-state index is 0.0514. The van der Waals surface area contributed by atoms with Crippen molar-refractivity contribution in [3.63, 3.8) is 0 Å². The van der Waals surface area contributed by atoms with Crippen LogP contribution in [0.5, 0.6) is 0 Å². The van der Waals surface area contributed by atoms with Crippen molar-refractivity contribution in [3.05, 3.63) is 36.3 Å². The molecule has 2 heterocycles. The van der Waals surface area contributed by atoms with Gasteiger partial charge in [0.15, 0.2) is 6.61 Å². The van der Waals surface area contributed by atoms with Crippen molar-refractivity contribution < 1.29 is 28.7 Å². The van der Waals surface area contributed by atoms with Crippen LogP contribution in [0.1, 0.15) is 42.9 Å². The Hall–Kier alpha value is -2.14. The van der Waals surface area contributed by atoms with Gasteiger partial charge in [0.05, 0.1) is 26.9 Å². The molecule has 0 spiro atoms. The Labute approximate surface area is 184 Å². The van der Waals surface area contributed by atoms with Gasteiger partial charge in [-0.2, -0.15) is 0 Å². The second kappa shape index (κ2) is 10.1. The van der Waals surface area contributed by atoms with Gasteiger partial charge in [-0.25, -0.2) is 9.59 Å². The quantitative estimate of drug-likeness (QED) is 0.586. The number of carbonyl (C=O) groups excluding carboxylic acids is 4. The number of hydrogen-bond acceptors (Lipinski definition) is 8. The monoisotopic (exact) mass is 478 g/mol. The van der Waals surface area contributed by atoms with Crippen LogP contribution in [0.25, 0.3) is 0 Å². The lowest BCUT2D eigenvalue weighted by Gasteiger charge is -2.07. The minimum atomic E-state index is -0.813. The topological polar surface area (TPSA) is 111 Å². The molecule has 2 amide bonds. The van der Waals surface area contributed by atoms with E-state index < -0.39 is 30.4 Å². The molecule has 2 N–H and O–H groups in total. The van der Waals surface area contributed by atoms with Gasteiger partial charge in [-0.05, 0) is 25.5 Å². The number of thiophene rings is 2. The van der Waals surface area contributed by atoms with Gasteiger partial charge in [0.2, 0.25) is 0 Å². The minimum Gasteiger partial charge on any atom is -0.462 e. The van der Waals surface area contributed by atoms with Crippen LogP contribution in [-0.4, -0.2) is 44.0 Å². The molecule has 0 aromatic carbocycles. The van der Waals surface area contributed by atoms with Gasteiger partial charge in [0.25, 0.3) is 11.8 Å². The van der Waals surface area contributed by atoms with Gasteiger partial charge in [0.1, 0.15) is 9.34 Å². The van der Waals surface area contributed by atoms with Crippen molar-refractivity contribution in [1.29, 1.82) is 0 Å². The molecule has 0 atom stereocenters. The average molecular weight is 479 g/mol. The van der Waals surface area contributed by atoms with Crippen molar-refractivity contribution in [2.75, 3.05) is 25.6 Å². The SMILES string of the molecule is CCOC(=O)c1c(NC(=O)COC(=O)c2cc(Cl)sc2Cl)sc(C(=O)NC)c1C. The summed E-state index contributed by atoms with van der Waals surface area (Å²) in [7, 11) is 1.45. The Morgan fingerprint density at radius 2 is 1.79 bits per heavy atom. The van der Waals surface area contributed by atoms with Gasteiger partial charge in [-0.1, -0.05) is 23.2 Å². The number of esters is 2. The number of ether oxygens (including phenoxy) is 2. The third-order valence-electron chi connectivity index (χ3n) is 3.52. The summed E-state index contributed by atoms with van der Waals surface area (Å²) >= 11 is 13.6. The zero-order valence-electron chi connectivity index (χ0n) is 15.5. The molecule has 0 aliphatic carbocycles. The molecule has 29 heavy (non-hydrogen) atoms. The summed E-state index contributed by atoms with van der Waals surface area (Å²) in [5.41, 5.74) is 0.498. The second-order valence-electron chi connectivity index (χ2n) is 5.42. The van der Waals surface area contributed by atoms with E-state index in [1.807, 2.05) is 0 Å². The fourth-order valence-corrected chi connectivity index (χ4v) is 4.83. The van der Waals surface area contributed by atoms with Crippen molar-refractivity contribution >= 4 is 74.6 Å². The molecule has 0 unspecified atom stereocenters. The molecule has 0 aliphatic rings. The highest BCUT2D eigenvalue weighted by molar-refractivity contribution is 7.20. The van der Waals surface area contributed by atoms with Crippen LogP contribution in [0, 0.1) is 6.92 Å². The number of rotatable bonds is 7. The first-order valence-corrected chi connectivity index (χ1v) is 10.5. The Morgan fingerprint density at radius 1 is 1.10 bits per heavy atom. The van der Waals surface area contributed by atoms with Crippen LogP contribution in [0.4, 0.5) is 5.00 Å². The molecule has 12 heteroatoms. The standard InChI is InChI=1S/C17H16Cl2N2O6S2/c1-4-26-17(25)11-7(2)12(14(23)20-3)29-15(11)21-10(22)6-27-16(24)8-5-9(18)28-13(8)19/h5H,4,6H2,1-3H3,(H,20,23)(H,21,22). The van der Waals surface area contributed by atoms with E-state index in [0.717, 1.165) is 22.7 Å². The molecular weight excluding hydrogens is 463 g/mol. The van der Waals surface area contributed by atoms with Crippen LogP contribution in [0.2, 0.25) is 8.67 Å². The molecule has 0 radical (unpaired) electrons. The number of hydrogen-bond donors (Lipinski definition) is 2. The zero-order chi connectivity index (χ0) is 21.7. The van der Waals surface area contributed by atoms with E-state index in [0.29, 0.717) is 9.90 Å². The normalized spacial score (nSPS) is 10.4. The van der Waals surface area contributed by atoms with Crippen LogP contribution in [-0.2, 0) is 14.3 Å². The largest absolute Gasteiger partial charge is 0.462 e. The van der Waals surface area contributed by atoms with Gasteiger partial charge in [-0.15, -0.1) is 22.7 Å². The molecule has 0 bridgehead atoms. The first-order valence-electron chi connectivity index (χ1n) is 8.13. The number of halogens is 2. The van der Waals surface area contributed by atoms with Crippen molar-refractivity contribution in [2.24, 2.45) is 0 Å². The van der Waals surface area contributed by atoms with E-state index in [1.54, 1.807) is 13.8 Å². The second-order valence-corrected chi connectivity index (χ2v) is 8.73. The number of nitrogens with one attached hydrogen (secondary N) is 2. The van der Waals surface area contributed by atoms with Crippen LogP contribution >= 0.6 is 45.9 Å². The van der Waals surface area contributed by atoms with Crippen LogP contribution in [0.15, 0.2) is 6.07 Å². The van der Waals surface area contributed by atoms with Gasteiger partial charge in [-0.3, -0.25) is 9.59 Å². The highest BCUT2D eigenvalue weighted by Crippen LogP contribution is 2.34. The van der Waals surface area contributed by atoms with E-state index in [9.17, 15) is 19.2 Å². The molecule has 156 valence electrons. The first-order chi connectivity index (χ1) is 13.7. The van der Waals surface area contributed by atoms with E-state index in [1.165, 1.54) is 13.1 Å². The van der Waals surface area contributed by atoms with Gasteiger partial charge < -0.3 is 20.1 Å². The number of carbonyl (C=O) groups is 4. The highest BCUT2D eigenvalue weighted by atomic mass is 35.5. The Kier molecular flexibility index (Phi) is 8.03. The highest BCUT2D eigenvalue weighted by Gasteiger charge is 2.26. The maximum absolute atomic E-state index is 12.3. The van der Waals surface area contributed by atoms with E-state index in [-0.39, 0.29) is 31.9 Å². The summed E-state index contributed by atoms with van der Waals surface area (Å²) in [6, 6.07) is 1.34. The summed E-state index contributed by atoms with van der Waals surface area (Å²) in [6.07, 6.45) is 0. The number of anilines is 1. The lowest BCUT2D eigenvalue weighted by Crippen LogP contribution is -2.21. The first kappa shape index (κ1) is 23.1. The summed E-state index contributed by atoms with van der Waals surface area (Å²) in [4.78, 5) is 48.8. The van der Waals surface area contributed by atoms with Crippen molar-refractivity contribution in [3.8, 4) is 0 Å². The third-order valence-corrected chi connectivity index (χ3v) is 6.22. The lowest BCUT2D eigenvalue weighted by atomic mass is 10.1. The molecule has 0 aliphatic heterocycles. The molecule has 8 nitrogen and oxygen atoms in total. The third kappa shape index (κ3) is 5.47. The van der Waals surface area contributed by atoms with Crippen molar-refractivity contribution in [1.82, 2.24) is 5.32 Å². The molecular formula is C17H16Cl2N2O6S2. The van der Waals surface area contributed by atoms with E-state index in [2.05, 4.69) is 10.6 Å². The molecule has 0 fully saturated rings. The summed E-state index contributed by atoms with van der Waals surface area (Å²) in [5, 5.41) is 5.07. The van der Waals surface area contributed by atoms with Crippen LogP contribution < -0.4 is 10.6 Å². The molecule has 0 saturated heterocycles. The maximum atomic E-state index is 12.3. The fourth-order valence-electron chi connectivity index (χ4n) is 2.23. The van der Waals surface area contributed by atoms with Gasteiger partial charge in [0, 0.05) is 7.05 Å². The molecule has 2 aromatic heterocycles. The number of amides is 2. The van der Waals surface area contributed by atoms with Crippen molar-refractivity contribution in [2.45, 2.75) is 13.8 Å². The van der Waals surface area contributed by atoms with E-state index in [4.69, 9.17) is 32.7 Å². The fraction of sp³-hybridized carbons (Fsp3) is 0.294. The molecule has 2 aromatic rings. The molecule has 2 rings (SSSR count). The summed E-state index contributed by atoms with van der Waals surface area (Å²) < 4.78 is 10.4. The lowest BCUT2D eigenvalue weighted by molar-refractivity contribution is -0.119. The van der Waals surface area contributed by atoms with Gasteiger partial charge >= 0.3 is 11.9 Å². The molecule has 0 saturated carbocycles. The van der Waals surface area contributed by atoms with E-state index >= 15 is 0 Å². The maximum Gasteiger partial charge on any atom is 0.341 e. The Balaban J connectivity index is 2.16.